The number of hydrogen-bond acceptors (Lipinski definition) is 3. The smallest absolute Gasteiger partial charge is 0.253 e. The van der Waals surface area contributed by atoms with Gasteiger partial charge < -0.3 is 14.5 Å². The zero-order chi connectivity index (χ0) is 22.0. The number of benzene rings is 2. The molecule has 0 radical (unpaired) electrons. The van der Waals surface area contributed by atoms with Crippen LogP contribution in [0.1, 0.15) is 58.8 Å². The van der Waals surface area contributed by atoms with Crippen molar-refractivity contribution in [3.05, 3.63) is 64.7 Å². The Balaban J connectivity index is 1.47. The lowest BCUT2D eigenvalue weighted by Crippen LogP contribution is -2.46. The van der Waals surface area contributed by atoms with E-state index in [0.717, 1.165) is 66.8 Å². The number of amides is 2. The van der Waals surface area contributed by atoms with E-state index < -0.39 is 0 Å². The zero-order valence-electron chi connectivity index (χ0n) is 18.8. The van der Waals surface area contributed by atoms with Gasteiger partial charge >= 0.3 is 0 Å². The zero-order valence-corrected chi connectivity index (χ0v) is 18.8. The number of nitrogens with zero attached hydrogens (tertiary/aromatic N) is 2. The first-order valence-corrected chi connectivity index (χ1v) is 11.3. The molecule has 5 nitrogen and oxygen atoms in total. The van der Waals surface area contributed by atoms with Crippen molar-refractivity contribution in [3.63, 3.8) is 0 Å². The molecule has 2 heterocycles. The molecule has 0 aliphatic carbocycles. The third kappa shape index (κ3) is 4.60. The molecule has 0 aromatic heterocycles. The number of aryl methyl sites for hydroxylation is 2. The Morgan fingerprint density at radius 3 is 2.29 bits per heavy atom. The van der Waals surface area contributed by atoms with Crippen molar-refractivity contribution in [2.75, 3.05) is 26.7 Å². The Morgan fingerprint density at radius 2 is 1.61 bits per heavy atom. The van der Waals surface area contributed by atoms with Gasteiger partial charge in [-0.2, -0.15) is 0 Å². The second-order valence-corrected chi connectivity index (χ2v) is 8.93. The summed E-state index contributed by atoms with van der Waals surface area (Å²) in [4.78, 5) is 30.5. The van der Waals surface area contributed by atoms with Crippen LogP contribution in [0.4, 0.5) is 0 Å². The maximum Gasteiger partial charge on any atom is 0.253 e. The lowest BCUT2D eigenvalue weighted by molar-refractivity contribution is -0.138. The van der Waals surface area contributed by atoms with Crippen molar-refractivity contribution in [2.24, 2.45) is 5.92 Å². The molecule has 2 unspecified atom stereocenters. The van der Waals surface area contributed by atoms with E-state index in [9.17, 15) is 9.59 Å². The second kappa shape index (κ2) is 9.13. The summed E-state index contributed by atoms with van der Waals surface area (Å²) in [7, 11) is 1.66. The molecule has 2 atom stereocenters. The minimum absolute atomic E-state index is 0.0393. The van der Waals surface area contributed by atoms with Crippen molar-refractivity contribution < 1.29 is 14.3 Å². The van der Waals surface area contributed by atoms with Gasteiger partial charge in [0.15, 0.2) is 0 Å². The van der Waals surface area contributed by atoms with Crippen LogP contribution in [0, 0.1) is 19.8 Å². The van der Waals surface area contributed by atoms with Crippen LogP contribution < -0.4 is 4.74 Å². The van der Waals surface area contributed by atoms with Crippen LogP contribution in [-0.4, -0.2) is 48.4 Å². The largest absolute Gasteiger partial charge is 0.497 e. The predicted molar refractivity (Wildman–Crippen MR) is 121 cm³/mol. The highest BCUT2D eigenvalue weighted by Crippen LogP contribution is 2.35. The molecule has 4 rings (SSSR count). The van der Waals surface area contributed by atoms with E-state index in [1.165, 1.54) is 0 Å². The summed E-state index contributed by atoms with van der Waals surface area (Å²) in [6.45, 7) is 6.04. The van der Waals surface area contributed by atoms with Crippen LogP contribution in [0.3, 0.4) is 0 Å². The Labute approximate surface area is 185 Å². The molecule has 2 saturated heterocycles. The number of carbonyl (C=O) groups excluding carboxylic acids is 2. The molecule has 31 heavy (non-hydrogen) atoms. The maximum atomic E-state index is 13.5. The highest BCUT2D eigenvalue weighted by molar-refractivity contribution is 5.95. The van der Waals surface area contributed by atoms with Crippen molar-refractivity contribution in [3.8, 4) is 5.75 Å². The monoisotopic (exact) mass is 420 g/mol. The van der Waals surface area contributed by atoms with E-state index in [-0.39, 0.29) is 23.8 Å². The van der Waals surface area contributed by atoms with Gasteiger partial charge in [-0.15, -0.1) is 0 Å². The summed E-state index contributed by atoms with van der Waals surface area (Å²) in [5.41, 5.74) is 4.06. The summed E-state index contributed by atoms with van der Waals surface area (Å²) < 4.78 is 5.27. The fourth-order valence-electron chi connectivity index (χ4n) is 5.08. The Hall–Kier alpha value is -2.82. The minimum atomic E-state index is -0.123. The Kier molecular flexibility index (Phi) is 6.30. The molecular formula is C26H32N2O3. The third-order valence-corrected chi connectivity index (χ3v) is 6.56. The van der Waals surface area contributed by atoms with Gasteiger partial charge in [-0.3, -0.25) is 9.59 Å². The van der Waals surface area contributed by atoms with Crippen LogP contribution in [0.2, 0.25) is 0 Å². The van der Waals surface area contributed by atoms with Gasteiger partial charge in [-0.25, -0.2) is 0 Å². The summed E-state index contributed by atoms with van der Waals surface area (Å²) in [6, 6.07) is 14.1. The second-order valence-electron chi connectivity index (χ2n) is 8.93. The molecule has 2 aromatic rings. The predicted octanol–water partition coefficient (Wildman–Crippen LogP) is 4.53. The van der Waals surface area contributed by atoms with Gasteiger partial charge in [0.25, 0.3) is 5.91 Å². The first kappa shape index (κ1) is 21.4. The van der Waals surface area contributed by atoms with Crippen molar-refractivity contribution >= 4 is 11.8 Å². The fourth-order valence-corrected chi connectivity index (χ4v) is 5.08. The standard InChI is InChI=1S/C26H32N2O3/c1-18-14-19(2)16-22(15-18)25(29)27-12-4-6-21(17-27)26(30)28-13-5-7-24(28)20-8-10-23(31-3)11-9-20/h8-11,14-16,21,24H,4-7,12-13,17H2,1-3H3. The Morgan fingerprint density at radius 1 is 0.935 bits per heavy atom. The number of ether oxygens (including phenoxy) is 1. The highest BCUT2D eigenvalue weighted by Gasteiger charge is 2.36. The molecule has 0 N–H and O–H groups in total. The van der Waals surface area contributed by atoms with Gasteiger partial charge in [0, 0.05) is 25.2 Å². The van der Waals surface area contributed by atoms with E-state index >= 15 is 0 Å². The molecule has 2 aromatic carbocycles. The lowest BCUT2D eigenvalue weighted by Gasteiger charge is -2.36. The summed E-state index contributed by atoms with van der Waals surface area (Å²) >= 11 is 0. The van der Waals surface area contributed by atoms with E-state index in [1.807, 2.05) is 47.9 Å². The van der Waals surface area contributed by atoms with Crippen molar-refractivity contribution in [1.29, 1.82) is 0 Å². The first-order chi connectivity index (χ1) is 15.0. The average Bonchev–Trinajstić information content (AvgIpc) is 3.27. The van der Waals surface area contributed by atoms with Crippen molar-refractivity contribution in [2.45, 2.75) is 45.6 Å². The summed E-state index contributed by atoms with van der Waals surface area (Å²) in [5.74, 6) is 0.934. The number of methoxy groups -OCH3 is 1. The average molecular weight is 421 g/mol. The normalized spacial score (nSPS) is 21.3. The molecule has 2 aliphatic heterocycles. The van der Waals surface area contributed by atoms with E-state index in [0.29, 0.717) is 6.54 Å². The quantitative estimate of drug-likeness (QED) is 0.730. The van der Waals surface area contributed by atoms with E-state index in [4.69, 9.17) is 4.74 Å². The van der Waals surface area contributed by atoms with E-state index in [2.05, 4.69) is 18.2 Å². The molecular weight excluding hydrogens is 388 g/mol. The van der Waals surface area contributed by atoms with Gasteiger partial charge in [0.1, 0.15) is 5.75 Å². The molecule has 0 spiro atoms. The Bertz CT molecular complexity index is 933. The summed E-state index contributed by atoms with van der Waals surface area (Å²) in [5, 5.41) is 0. The third-order valence-electron chi connectivity index (χ3n) is 6.56. The number of rotatable bonds is 4. The highest BCUT2D eigenvalue weighted by atomic mass is 16.5. The number of likely N-dealkylation sites (tertiary alicyclic amines) is 2. The molecule has 0 saturated carbocycles. The maximum absolute atomic E-state index is 13.5. The van der Waals surface area contributed by atoms with Crippen molar-refractivity contribution in [1.82, 2.24) is 9.80 Å². The van der Waals surface area contributed by atoms with Crippen LogP contribution in [-0.2, 0) is 4.79 Å². The lowest BCUT2D eigenvalue weighted by atomic mass is 9.94. The van der Waals surface area contributed by atoms with Crippen LogP contribution in [0.15, 0.2) is 42.5 Å². The molecule has 2 aliphatic rings. The van der Waals surface area contributed by atoms with Crippen LogP contribution in [0.25, 0.3) is 0 Å². The molecule has 0 bridgehead atoms. The summed E-state index contributed by atoms with van der Waals surface area (Å²) in [6.07, 6.45) is 3.71. The van der Waals surface area contributed by atoms with Gasteiger partial charge in [0.2, 0.25) is 5.91 Å². The topological polar surface area (TPSA) is 49.9 Å². The van der Waals surface area contributed by atoms with Crippen LogP contribution in [0.5, 0.6) is 5.75 Å². The molecule has 164 valence electrons. The molecule has 2 amide bonds. The number of hydrogen-bond donors (Lipinski definition) is 0. The van der Waals surface area contributed by atoms with E-state index in [1.54, 1.807) is 7.11 Å². The first-order valence-electron chi connectivity index (χ1n) is 11.3. The molecule has 2 fully saturated rings. The molecule has 5 heteroatoms. The SMILES string of the molecule is COc1ccc(C2CCCN2C(=O)C2CCCN(C(=O)c3cc(C)cc(C)c3)C2)cc1. The van der Waals surface area contributed by atoms with Gasteiger partial charge in [-0.05, 0) is 69.4 Å². The van der Waals surface area contributed by atoms with Gasteiger partial charge in [0.05, 0.1) is 19.1 Å². The minimum Gasteiger partial charge on any atom is -0.497 e. The fraction of sp³-hybridized carbons (Fsp3) is 0.462. The number of carbonyl (C=O) groups is 2. The van der Waals surface area contributed by atoms with Gasteiger partial charge in [-0.1, -0.05) is 29.3 Å². The number of piperidine rings is 1. The van der Waals surface area contributed by atoms with Crippen LogP contribution >= 0.6 is 0 Å².